The Bertz CT molecular complexity index is 911. The first-order valence-electron chi connectivity index (χ1n) is 7.72. The summed E-state index contributed by atoms with van der Waals surface area (Å²) in [4.78, 5) is 24.7. The van der Waals surface area contributed by atoms with Crippen LogP contribution in [0.15, 0.2) is 47.4 Å². The quantitative estimate of drug-likeness (QED) is 0.605. The van der Waals surface area contributed by atoms with Crippen LogP contribution in [0.5, 0.6) is 0 Å². The normalized spacial score (nSPS) is 12.5. The van der Waals surface area contributed by atoms with Crippen LogP contribution in [0.1, 0.15) is 38.8 Å². The van der Waals surface area contributed by atoms with Gasteiger partial charge in [-0.1, -0.05) is 12.1 Å². The summed E-state index contributed by atoms with van der Waals surface area (Å²) in [7, 11) is -3.33. The first-order valence-corrected chi connectivity index (χ1v) is 9.61. The molecule has 0 aromatic heterocycles. The molecule has 0 aliphatic rings. The van der Waals surface area contributed by atoms with E-state index < -0.39 is 21.9 Å². The van der Waals surface area contributed by atoms with E-state index in [0.29, 0.717) is 5.56 Å². The second kappa shape index (κ2) is 7.19. The largest absolute Gasteiger partial charge is 0.451 e. The number of ketones is 1. The van der Waals surface area contributed by atoms with Crippen molar-refractivity contribution in [2.24, 2.45) is 0 Å². The Balaban J connectivity index is 2.11. The van der Waals surface area contributed by atoms with Gasteiger partial charge in [-0.15, -0.1) is 0 Å². The van der Waals surface area contributed by atoms with Crippen molar-refractivity contribution in [2.45, 2.75) is 31.8 Å². The molecular formula is C19H20O5S. The van der Waals surface area contributed by atoms with Crippen molar-refractivity contribution in [1.82, 2.24) is 0 Å². The second-order valence-electron chi connectivity index (χ2n) is 6.01. The van der Waals surface area contributed by atoms with Crippen LogP contribution in [-0.2, 0) is 14.6 Å². The molecule has 25 heavy (non-hydrogen) atoms. The topological polar surface area (TPSA) is 77.5 Å². The van der Waals surface area contributed by atoms with Crippen LogP contribution in [-0.4, -0.2) is 32.5 Å². The fourth-order valence-corrected chi connectivity index (χ4v) is 2.88. The Morgan fingerprint density at radius 2 is 1.48 bits per heavy atom. The van der Waals surface area contributed by atoms with Gasteiger partial charge in [0.2, 0.25) is 5.78 Å². The van der Waals surface area contributed by atoms with Crippen LogP contribution in [0.4, 0.5) is 0 Å². The molecule has 132 valence electrons. The number of carbonyl (C=O) groups is 2. The summed E-state index contributed by atoms with van der Waals surface area (Å²) in [6.07, 6.45) is 0.147. The average molecular weight is 360 g/mol. The summed E-state index contributed by atoms with van der Waals surface area (Å²) in [5.74, 6) is -0.964. The third kappa shape index (κ3) is 4.54. The highest BCUT2D eigenvalue weighted by molar-refractivity contribution is 7.90. The molecule has 0 radical (unpaired) electrons. The number of aryl methyl sites for hydroxylation is 2. The number of Topliss-reactive ketones (excluding diaryl/α,β-unsaturated/α-hetero) is 1. The summed E-state index contributed by atoms with van der Waals surface area (Å²) < 4.78 is 28.1. The van der Waals surface area contributed by atoms with Gasteiger partial charge in [-0.3, -0.25) is 4.79 Å². The Labute approximate surface area is 147 Å². The predicted molar refractivity (Wildman–Crippen MR) is 94.7 cm³/mol. The summed E-state index contributed by atoms with van der Waals surface area (Å²) >= 11 is 0. The van der Waals surface area contributed by atoms with Crippen LogP contribution in [0.25, 0.3) is 0 Å². The summed E-state index contributed by atoms with van der Waals surface area (Å²) in [6.45, 7) is 5.37. The lowest BCUT2D eigenvalue weighted by atomic mass is 10.0. The van der Waals surface area contributed by atoms with E-state index in [0.717, 1.165) is 17.4 Å². The zero-order chi connectivity index (χ0) is 18.8. The lowest BCUT2D eigenvalue weighted by Gasteiger charge is -2.13. The maximum atomic E-state index is 12.4. The molecule has 0 N–H and O–H groups in total. The number of esters is 1. The van der Waals surface area contributed by atoms with E-state index in [1.807, 2.05) is 19.9 Å². The maximum absolute atomic E-state index is 12.4. The Kier molecular flexibility index (Phi) is 5.42. The van der Waals surface area contributed by atoms with E-state index in [-0.39, 0.29) is 16.2 Å². The van der Waals surface area contributed by atoms with Crippen molar-refractivity contribution in [3.8, 4) is 0 Å². The highest BCUT2D eigenvalue weighted by Crippen LogP contribution is 2.15. The van der Waals surface area contributed by atoms with E-state index in [9.17, 15) is 18.0 Å². The number of sulfone groups is 1. The average Bonchev–Trinajstić information content (AvgIpc) is 2.56. The monoisotopic (exact) mass is 360 g/mol. The zero-order valence-corrected chi connectivity index (χ0v) is 15.4. The van der Waals surface area contributed by atoms with Gasteiger partial charge in [-0.25, -0.2) is 13.2 Å². The molecule has 0 aliphatic heterocycles. The second-order valence-corrected chi connectivity index (χ2v) is 8.02. The van der Waals surface area contributed by atoms with Crippen LogP contribution >= 0.6 is 0 Å². The van der Waals surface area contributed by atoms with E-state index in [1.54, 1.807) is 12.1 Å². The standard InChI is InChI=1S/C19H20O5S/c1-12-5-6-16(11-13(12)2)18(20)14(3)24-19(21)15-7-9-17(10-8-15)25(4,22)23/h5-11,14H,1-4H3/t14-/m1/s1. The van der Waals surface area contributed by atoms with Gasteiger partial charge in [0.1, 0.15) is 0 Å². The van der Waals surface area contributed by atoms with Crippen molar-refractivity contribution in [3.63, 3.8) is 0 Å². The molecule has 0 bridgehead atoms. The van der Waals surface area contributed by atoms with E-state index >= 15 is 0 Å². The molecule has 0 saturated carbocycles. The van der Waals surface area contributed by atoms with E-state index in [2.05, 4.69) is 0 Å². The van der Waals surface area contributed by atoms with Gasteiger partial charge in [0, 0.05) is 11.8 Å². The molecule has 0 aliphatic carbocycles. The number of benzene rings is 2. The minimum Gasteiger partial charge on any atom is -0.451 e. The minimum atomic E-state index is -3.33. The molecule has 2 aromatic rings. The Hall–Kier alpha value is -2.47. The SMILES string of the molecule is Cc1ccc(C(=O)[C@@H](C)OC(=O)c2ccc(S(C)(=O)=O)cc2)cc1C. The minimum absolute atomic E-state index is 0.114. The van der Waals surface area contributed by atoms with Crippen molar-refractivity contribution >= 4 is 21.6 Å². The molecule has 2 rings (SSSR count). The fourth-order valence-electron chi connectivity index (χ4n) is 2.25. The van der Waals surface area contributed by atoms with Crippen LogP contribution < -0.4 is 0 Å². The Morgan fingerprint density at radius 1 is 0.920 bits per heavy atom. The number of hydrogen-bond acceptors (Lipinski definition) is 5. The summed E-state index contributed by atoms with van der Waals surface area (Å²) in [5.41, 5.74) is 2.73. The molecule has 1 atom stereocenters. The van der Waals surface area contributed by atoms with Gasteiger partial charge in [-0.2, -0.15) is 0 Å². The summed E-state index contributed by atoms with van der Waals surface area (Å²) in [5, 5.41) is 0. The Morgan fingerprint density at radius 3 is 2.00 bits per heavy atom. The molecule has 0 spiro atoms. The fraction of sp³-hybridized carbons (Fsp3) is 0.263. The van der Waals surface area contributed by atoms with Crippen molar-refractivity contribution in [1.29, 1.82) is 0 Å². The van der Waals surface area contributed by atoms with E-state index in [4.69, 9.17) is 4.74 Å². The van der Waals surface area contributed by atoms with Gasteiger partial charge in [0.15, 0.2) is 15.9 Å². The molecule has 2 aromatic carbocycles. The number of carbonyl (C=O) groups excluding carboxylic acids is 2. The van der Waals surface area contributed by atoms with E-state index in [1.165, 1.54) is 31.2 Å². The van der Waals surface area contributed by atoms with Gasteiger partial charge in [0.05, 0.1) is 10.5 Å². The predicted octanol–water partition coefficient (Wildman–Crippen LogP) is 3.14. The molecule has 0 heterocycles. The molecule has 0 amide bonds. The number of ether oxygens (including phenoxy) is 1. The molecule has 0 unspecified atom stereocenters. The van der Waals surface area contributed by atoms with Crippen LogP contribution in [0, 0.1) is 13.8 Å². The van der Waals surface area contributed by atoms with Crippen molar-refractivity contribution in [2.75, 3.05) is 6.26 Å². The van der Waals surface area contributed by atoms with Gasteiger partial charge < -0.3 is 4.74 Å². The number of rotatable bonds is 5. The van der Waals surface area contributed by atoms with Crippen LogP contribution in [0.3, 0.4) is 0 Å². The molecule has 0 saturated heterocycles. The maximum Gasteiger partial charge on any atom is 0.338 e. The third-order valence-corrected chi connectivity index (χ3v) is 5.09. The molecule has 0 fully saturated rings. The van der Waals surface area contributed by atoms with Gasteiger partial charge >= 0.3 is 5.97 Å². The van der Waals surface area contributed by atoms with Crippen molar-refractivity contribution in [3.05, 3.63) is 64.7 Å². The highest BCUT2D eigenvalue weighted by atomic mass is 32.2. The molecule has 5 nitrogen and oxygen atoms in total. The first-order chi connectivity index (χ1) is 11.6. The van der Waals surface area contributed by atoms with Crippen molar-refractivity contribution < 1.29 is 22.7 Å². The lowest BCUT2D eigenvalue weighted by Crippen LogP contribution is -2.24. The smallest absolute Gasteiger partial charge is 0.338 e. The van der Waals surface area contributed by atoms with Gasteiger partial charge in [0.25, 0.3) is 0 Å². The first kappa shape index (κ1) is 18.9. The zero-order valence-electron chi connectivity index (χ0n) is 14.6. The summed E-state index contributed by atoms with van der Waals surface area (Å²) in [6, 6.07) is 10.7. The molecular weight excluding hydrogens is 340 g/mol. The lowest BCUT2D eigenvalue weighted by molar-refractivity contribution is 0.0318. The van der Waals surface area contributed by atoms with Gasteiger partial charge in [-0.05, 0) is 62.2 Å². The highest BCUT2D eigenvalue weighted by Gasteiger charge is 2.21. The van der Waals surface area contributed by atoms with Crippen LogP contribution in [0.2, 0.25) is 0 Å². The molecule has 6 heteroatoms. The third-order valence-electron chi connectivity index (χ3n) is 3.96. The number of hydrogen-bond donors (Lipinski definition) is 0.